The third-order valence-corrected chi connectivity index (χ3v) is 6.71. The molecule has 3 aromatic rings. The van der Waals surface area contributed by atoms with Crippen LogP contribution in [-0.2, 0) is 16.0 Å². The van der Waals surface area contributed by atoms with Gasteiger partial charge in [-0.25, -0.2) is 4.39 Å². The van der Waals surface area contributed by atoms with E-state index in [0.717, 1.165) is 36.3 Å². The highest BCUT2D eigenvalue weighted by atomic mass is 19.1. The Hall–Kier alpha value is -2.98. The number of aliphatic hydroxyl groups excluding tert-OH is 1. The molecule has 0 radical (unpaired) electrons. The highest BCUT2D eigenvalue weighted by Gasteiger charge is 2.28. The summed E-state index contributed by atoms with van der Waals surface area (Å²) in [6.07, 6.45) is 1.41. The minimum atomic E-state index is -0.706. The van der Waals surface area contributed by atoms with Gasteiger partial charge in [0, 0.05) is 44.9 Å². The topological polar surface area (TPSA) is 80.4 Å². The van der Waals surface area contributed by atoms with Gasteiger partial charge in [0.15, 0.2) is 0 Å². The first-order valence-corrected chi connectivity index (χ1v) is 12.9. The van der Waals surface area contributed by atoms with Crippen molar-refractivity contribution in [1.82, 2.24) is 10.1 Å². The second-order valence-corrected chi connectivity index (χ2v) is 9.53. The first kappa shape index (κ1) is 25.7. The molecule has 198 valence electrons. The maximum absolute atomic E-state index is 13.6. The number of morpholine rings is 1. The molecule has 2 aromatic carbocycles. The zero-order valence-electron chi connectivity index (χ0n) is 20.9. The van der Waals surface area contributed by atoms with Crippen LogP contribution in [0.25, 0.3) is 11.3 Å². The van der Waals surface area contributed by atoms with Crippen LogP contribution in [0, 0.1) is 5.82 Å². The zero-order chi connectivity index (χ0) is 25.5. The quantitative estimate of drug-likeness (QED) is 0.417. The lowest BCUT2D eigenvalue weighted by molar-refractivity contribution is 0.0313. The number of hydrogen-bond donors (Lipinski definition) is 1. The van der Waals surface area contributed by atoms with Gasteiger partial charge in [-0.1, -0.05) is 23.4 Å². The fraction of sp³-hybridized carbons (Fsp3) is 0.464. The molecule has 1 N–H and O–H groups in total. The summed E-state index contributed by atoms with van der Waals surface area (Å²) in [5.74, 6) is 1.11. The average molecular weight is 512 g/mol. The van der Waals surface area contributed by atoms with Crippen LogP contribution in [0.15, 0.2) is 59.1 Å². The number of hydrogen-bond acceptors (Lipinski definition) is 8. The fourth-order valence-corrected chi connectivity index (χ4v) is 4.86. The molecule has 2 unspecified atom stereocenters. The fourth-order valence-electron chi connectivity index (χ4n) is 4.86. The lowest BCUT2D eigenvalue weighted by Gasteiger charge is -2.30. The molecule has 5 rings (SSSR count). The molecule has 8 nitrogen and oxygen atoms in total. The van der Waals surface area contributed by atoms with Gasteiger partial charge in [-0.3, -0.25) is 4.90 Å². The third kappa shape index (κ3) is 6.87. The van der Waals surface area contributed by atoms with Crippen molar-refractivity contribution in [2.75, 3.05) is 57.5 Å². The van der Waals surface area contributed by atoms with Gasteiger partial charge >= 0.3 is 0 Å². The normalized spacial score (nSPS) is 18.9. The summed E-state index contributed by atoms with van der Waals surface area (Å²) >= 11 is 0. The molecule has 0 amide bonds. The van der Waals surface area contributed by atoms with Crippen molar-refractivity contribution >= 4 is 5.88 Å². The number of para-hydroxylation sites is 1. The van der Waals surface area contributed by atoms with Crippen LogP contribution < -0.4 is 9.64 Å². The summed E-state index contributed by atoms with van der Waals surface area (Å²) in [4.78, 5) is 4.32. The smallest absolute Gasteiger partial charge is 0.232 e. The summed E-state index contributed by atoms with van der Waals surface area (Å²) in [6, 6.07) is 15.8. The molecule has 0 spiro atoms. The second kappa shape index (κ2) is 12.5. The zero-order valence-corrected chi connectivity index (χ0v) is 20.9. The monoisotopic (exact) mass is 511 g/mol. The van der Waals surface area contributed by atoms with Gasteiger partial charge in [-0.2, -0.15) is 0 Å². The van der Waals surface area contributed by atoms with E-state index in [9.17, 15) is 9.50 Å². The molecular weight excluding hydrogens is 477 g/mol. The molecule has 0 aliphatic carbocycles. The highest BCUT2D eigenvalue weighted by molar-refractivity contribution is 5.68. The van der Waals surface area contributed by atoms with E-state index in [1.54, 1.807) is 12.1 Å². The van der Waals surface area contributed by atoms with Crippen LogP contribution in [0.2, 0.25) is 0 Å². The minimum Gasteiger partial charge on any atom is -0.491 e. The number of halogens is 1. The minimum absolute atomic E-state index is 0.100. The number of nitrogens with zero attached hydrogens (tertiary/aromatic N) is 3. The van der Waals surface area contributed by atoms with Gasteiger partial charge in [0.2, 0.25) is 5.88 Å². The van der Waals surface area contributed by atoms with E-state index in [1.807, 2.05) is 30.3 Å². The number of benzene rings is 2. The lowest BCUT2D eigenvalue weighted by atomic mass is 10.1. The van der Waals surface area contributed by atoms with Crippen molar-refractivity contribution in [2.45, 2.75) is 31.6 Å². The molecule has 9 heteroatoms. The molecule has 2 fully saturated rings. The van der Waals surface area contributed by atoms with E-state index in [4.69, 9.17) is 18.7 Å². The molecule has 2 aliphatic rings. The molecular formula is C28H34FN3O5. The largest absolute Gasteiger partial charge is 0.491 e. The molecule has 2 aliphatic heterocycles. The van der Waals surface area contributed by atoms with Gasteiger partial charge in [0.05, 0.1) is 24.9 Å². The Kier molecular flexibility index (Phi) is 8.68. The first-order chi connectivity index (χ1) is 18.2. The van der Waals surface area contributed by atoms with Crippen molar-refractivity contribution in [3.05, 3.63) is 66.0 Å². The van der Waals surface area contributed by atoms with Crippen molar-refractivity contribution in [2.24, 2.45) is 0 Å². The van der Waals surface area contributed by atoms with Gasteiger partial charge < -0.3 is 28.7 Å². The Labute approximate surface area is 216 Å². The van der Waals surface area contributed by atoms with Gasteiger partial charge in [0.1, 0.15) is 30.0 Å². The molecule has 2 saturated heterocycles. The predicted molar refractivity (Wildman–Crippen MR) is 137 cm³/mol. The first-order valence-electron chi connectivity index (χ1n) is 12.9. The van der Waals surface area contributed by atoms with Crippen LogP contribution in [0.5, 0.6) is 5.75 Å². The number of anilines is 1. The summed E-state index contributed by atoms with van der Waals surface area (Å²) in [5, 5.41) is 15.3. The summed E-state index contributed by atoms with van der Waals surface area (Å²) < 4.78 is 36.8. The van der Waals surface area contributed by atoms with E-state index >= 15 is 0 Å². The van der Waals surface area contributed by atoms with E-state index in [2.05, 4.69) is 15.0 Å². The van der Waals surface area contributed by atoms with Crippen LogP contribution in [0.4, 0.5) is 10.3 Å². The van der Waals surface area contributed by atoms with Crippen LogP contribution in [-0.4, -0.2) is 80.0 Å². The molecule has 37 heavy (non-hydrogen) atoms. The Morgan fingerprint density at radius 1 is 1.08 bits per heavy atom. The summed E-state index contributed by atoms with van der Waals surface area (Å²) in [5.41, 5.74) is 2.36. The average Bonchev–Trinajstić information content (AvgIpc) is 3.59. The molecule has 0 bridgehead atoms. The maximum Gasteiger partial charge on any atom is 0.232 e. The van der Waals surface area contributed by atoms with Gasteiger partial charge in [-0.15, -0.1) is 0 Å². The number of ether oxygens (including phenoxy) is 3. The van der Waals surface area contributed by atoms with E-state index in [-0.39, 0.29) is 18.5 Å². The highest BCUT2D eigenvalue weighted by Crippen LogP contribution is 2.33. The Morgan fingerprint density at radius 3 is 2.59 bits per heavy atom. The van der Waals surface area contributed by atoms with Crippen LogP contribution >= 0.6 is 0 Å². The van der Waals surface area contributed by atoms with Crippen LogP contribution in [0.1, 0.15) is 18.4 Å². The number of rotatable bonds is 11. The molecule has 1 aromatic heterocycles. The number of aliphatic hydroxyl groups is 1. The van der Waals surface area contributed by atoms with E-state index in [1.165, 1.54) is 12.1 Å². The van der Waals surface area contributed by atoms with Crippen LogP contribution in [0.3, 0.4) is 0 Å². The molecule has 0 saturated carbocycles. The van der Waals surface area contributed by atoms with Gasteiger partial charge in [-0.05, 0) is 49.2 Å². The van der Waals surface area contributed by atoms with Crippen molar-refractivity contribution in [3.8, 4) is 17.0 Å². The summed E-state index contributed by atoms with van der Waals surface area (Å²) in [6.45, 7) is 5.10. The standard InChI is InChI=1S/C28H34FN3O5/c29-22-10-8-21(9-11-22)27-26(28(37-30-27)32-12-15-34-16-13-32)19-31(18-25-7-4-14-35-25)17-23(33)20-36-24-5-2-1-3-6-24/h1-3,5-6,8-11,23,25,33H,4,7,12-20H2. The second-order valence-electron chi connectivity index (χ2n) is 9.53. The van der Waals surface area contributed by atoms with Crippen molar-refractivity contribution < 1.29 is 28.2 Å². The molecule has 2 atom stereocenters. The van der Waals surface area contributed by atoms with Gasteiger partial charge in [0.25, 0.3) is 0 Å². The third-order valence-electron chi connectivity index (χ3n) is 6.71. The predicted octanol–water partition coefficient (Wildman–Crippen LogP) is 3.74. The van der Waals surface area contributed by atoms with Crippen molar-refractivity contribution in [1.29, 1.82) is 0 Å². The Morgan fingerprint density at radius 2 is 1.86 bits per heavy atom. The van der Waals surface area contributed by atoms with E-state index < -0.39 is 6.10 Å². The number of aromatic nitrogens is 1. The summed E-state index contributed by atoms with van der Waals surface area (Å²) in [7, 11) is 0. The van der Waals surface area contributed by atoms with E-state index in [0.29, 0.717) is 57.5 Å². The lowest BCUT2D eigenvalue weighted by Crippen LogP contribution is -2.40. The Balaban J connectivity index is 1.38. The Bertz CT molecular complexity index is 1100. The van der Waals surface area contributed by atoms with Crippen molar-refractivity contribution in [3.63, 3.8) is 0 Å². The molecule has 3 heterocycles. The SMILES string of the molecule is OC(COc1ccccc1)CN(Cc1c(-c2ccc(F)cc2)noc1N1CCOCC1)CC1CCCO1. The maximum atomic E-state index is 13.6.